The van der Waals surface area contributed by atoms with Crippen molar-refractivity contribution in [3.05, 3.63) is 29.8 Å². The molecule has 4 aliphatic carbocycles. The molecule has 1 amide bonds. The van der Waals surface area contributed by atoms with Gasteiger partial charge in [-0.1, -0.05) is 6.07 Å². The first-order valence-corrected chi connectivity index (χ1v) is 14.1. The molecule has 1 aliphatic heterocycles. The summed E-state index contributed by atoms with van der Waals surface area (Å²) in [6.07, 6.45) is 7.21. The van der Waals surface area contributed by atoms with E-state index in [-0.39, 0.29) is 34.3 Å². The number of rotatable bonds is 5. The summed E-state index contributed by atoms with van der Waals surface area (Å²) in [5.41, 5.74) is 0.185. The third kappa shape index (κ3) is 3.91. The highest BCUT2D eigenvalue weighted by Gasteiger charge is 2.51. The van der Waals surface area contributed by atoms with E-state index in [1.807, 2.05) is 0 Å². The van der Waals surface area contributed by atoms with Gasteiger partial charge in [0.2, 0.25) is 10.0 Å². The van der Waals surface area contributed by atoms with Crippen LogP contribution in [0.4, 0.5) is 0 Å². The summed E-state index contributed by atoms with van der Waals surface area (Å²) in [5.74, 6) is 1.70. The average molecular weight is 453 g/mol. The topological polar surface area (TPSA) is 109 Å². The second-order valence-electron chi connectivity index (χ2n) is 9.90. The van der Waals surface area contributed by atoms with Crippen molar-refractivity contribution in [3.63, 3.8) is 0 Å². The van der Waals surface area contributed by atoms with Gasteiger partial charge in [-0.25, -0.2) is 21.6 Å². The van der Waals surface area contributed by atoms with Crippen LogP contribution in [0.5, 0.6) is 0 Å². The van der Waals surface area contributed by atoms with Crippen LogP contribution in [0.1, 0.15) is 55.3 Å². The van der Waals surface area contributed by atoms with Gasteiger partial charge in [-0.05, 0) is 80.9 Å². The summed E-state index contributed by atoms with van der Waals surface area (Å²) in [5, 5.41) is 3.27. The monoisotopic (exact) mass is 452 g/mol. The molecule has 1 aromatic carbocycles. The zero-order chi connectivity index (χ0) is 21.1. The van der Waals surface area contributed by atoms with Crippen molar-refractivity contribution in [2.45, 2.75) is 61.4 Å². The van der Waals surface area contributed by atoms with Crippen LogP contribution >= 0.6 is 0 Å². The zero-order valence-electron chi connectivity index (χ0n) is 16.8. The maximum atomic E-state index is 13.0. The van der Waals surface area contributed by atoms with Gasteiger partial charge in [0.05, 0.1) is 16.4 Å². The van der Waals surface area contributed by atoms with Crippen molar-refractivity contribution < 1.29 is 21.6 Å². The molecule has 1 saturated heterocycles. The molecule has 7 nitrogen and oxygen atoms in total. The molecule has 30 heavy (non-hydrogen) atoms. The first kappa shape index (κ1) is 20.5. The second kappa shape index (κ2) is 7.03. The molecule has 6 rings (SSSR count). The Morgan fingerprint density at radius 1 is 1.03 bits per heavy atom. The fraction of sp³-hybridized carbons (Fsp3) is 0.667. The summed E-state index contributed by atoms with van der Waals surface area (Å²) in [4.78, 5) is 13.0. The van der Waals surface area contributed by atoms with E-state index in [2.05, 4.69) is 10.0 Å². The van der Waals surface area contributed by atoms with Crippen molar-refractivity contribution in [1.29, 1.82) is 0 Å². The molecule has 1 atom stereocenters. The first-order valence-electron chi connectivity index (χ1n) is 10.8. The summed E-state index contributed by atoms with van der Waals surface area (Å²) in [6.45, 7) is 0. The predicted molar refractivity (Wildman–Crippen MR) is 112 cm³/mol. The maximum Gasteiger partial charge on any atom is 0.251 e. The molecule has 9 heteroatoms. The summed E-state index contributed by atoms with van der Waals surface area (Å²) in [6, 6.07) is 5.41. The van der Waals surface area contributed by atoms with Gasteiger partial charge in [0.25, 0.3) is 5.91 Å². The van der Waals surface area contributed by atoms with Crippen LogP contribution in [0.15, 0.2) is 29.2 Å². The van der Waals surface area contributed by atoms with Gasteiger partial charge in [-0.3, -0.25) is 4.79 Å². The van der Waals surface area contributed by atoms with Crippen LogP contribution in [-0.2, 0) is 19.9 Å². The number of benzene rings is 1. The normalized spacial score (nSPS) is 36.7. The third-order valence-electron chi connectivity index (χ3n) is 7.38. The second-order valence-corrected chi connectivity index (χ2v) is 13.8. The fourth-order valence-corrected chi connectivity index (χ4v) is 9.65. The molecular formula is C21H28N2O5S2. The van der Waals surface area contributed by atoms with Crippen molar-refractivity contribution in [2.24, 2.45) is 17.8 Å². The Morgan fingerprint density at radius 3 is 2.23 bits per heavy atom. The van der Waals surface area contributed by atoms with Gasteiger partial charge >= 0.3 is 0 Å². The molecule has 1 aromatic rings. The lowest BCUT2D eigenvalue weighted by molar-refractivity contribution is -0.0167. The highest BCUT2D eigenvalue weighted by Crippen LogP contribution is 2.55. The molecule has 0 spiro atoms. The van der Waals surface area contributed by atoms with Gasteiger partial charge in [0.1, 0.15) is 0 Å². The van der Waals surface area contributed by atoms with E-state index in [1.54, 1.807) is 12.1 Å². The van der Waals surface area contributed by atoms with Crippen molar-refractivity contribution >= 4 is 25.8 Å². The molecule has 0 radical (unpaired) electrons. The molecule has 5 fully saturated rings. The highest BCUT2D eigenvalue weighted by atomic mass is 32.2. The summed E-state index contributed by atoms with van der Waals surface area (Å²) in [7, 11) is -7.09. The number of hydrogen-bond acceptors (Lipinski definition) is 5. The Kier molecular flexibility index (Phi) is 4.79. The largest absolute Gasteiger partial charge is 0.347 e. The number of hydrogen-bond donors (Lipinski definition) is 2. The number of carbonyl (C=O) groups excluding carboxylic acids is 1. The number of carbonyl (C=O) groups is 1. The molecule has 0 aromatic heterocycles. The predicted octanol–water partition coefficient (Wildman–Crippen LogP) is 1.85. The van der Waals surface area contributed by atoms with Crippen LogP contribution in [0.2, 0.25) is 0 Å². The van der Waals surface area contributed by atoms with Crippen LogP contribution in [0.3, 0.4) is 0 Å². The lowest BCUT2D eigenvalue weighted by atomic mass is 9.53. The van der Waals surface area contributed by atoms with Crippen LogP contribution in [0, 0.1) is 17.8 Å². The minimum absolute atomic E-state index is 0.00625. The molecule has 1 heterocycles. The van der Waals surface area contributed by atoms with Crippen LogP contribution in [-0.4, -0.2) is 45.8 Å². The molecule has 4 saturated carbocycles. The lowest BCUT2D eigenvalue weighted by Gasteiger charge is -2.56. The summed E-state index contributed by atoms with van der Waals surface area (Å²) < 4.78 is 51.2. The van der Waals surface area contributed by atoms with Crippen molar-refractivity contribution in [3.8, 4) is 0 Å². The number of sulfonamides is 1. The van der Waals surface area contributed by atoms with Gasteiger partial charge in [0.15, 0.2) is 9.84 Å². The van der Waals surface area contributed by atoms with Crippen molar-refractivity contribution in [2.75, 3.05) is 11.5 Å². The quantitative estimate of drug-likeness (QED) is 0.709. The zero-order valence-corrected chi connectivity index (χ0v) is 18.5. The number of amides is 1. The van der Waals surface area contributed by atoms with E-state index in [4.69, 9.17) is 0 Å². The molecule has 0 unspecified atom stereocenters. The minimum Gasteiger partial charge on any atom is -0.347 e. The van der Waals surface area contributed by atoms with E-state index in [1.165, 1.54) is 31.4 Å². The summed E-state index contributed by atoms with van der Waals surface area (Å²) >= 11 is 0. The van der Waals surface area contributed by atoms with Gasteiger partial charge < -0.3 is 5.32 Å². The van der Waals surface area contributed by atoms with Crippen molar-refractivity contribution in [1.82, 2.24) is 10.0 Å². The SMILES string of the molecule is O=C(NC12CC3CC(CC(C3)C1)C2)c1cccc(S(=O)(=O)N[C@@H]2CCS(=O)(=O)C2)c1. The molecule has 2 N–H and O–H groups in total. The number of nitrogens with one attached hydrogen (secondary N) is 2. The van der Waals surface area contributed by atoms with E-state index in [0.717, 1.165) is 19.3 Å². The molecule has 4 bridgehead atoms. The van der Waals surface area contributed by atoms with E-state index in [9.17, 15) is 21.6 Å². The van der Waals surface area contributed by atoms with E-state index in [0.29, 0.717) is 23.3 Å². The van der Waals surface area contributed by atoms with Gasteiger partial charge in [-0.15, -0.1) is 0 Å². The smallest absolute Gasteiger partial charge is 0.251 e. The van der Waals surface area contributed by atoms with Gasteiger partial charge in [0, 0.05) is 17.1 Å². The Bertz CT molecular complexity index is 1050. The van der Waals surface area contributed by atoms with Gasteiger partial charge in [-0.2, -0.15) is 0 Å². The molecule has 5 aliphatic rings. The maximum absolute atomic E-state index is 13.0. The Labute approximate surface area is 178 Å². The van der Waals surface area contributed by atoms with Crippen LogP contribution in [0.25, 0.3) is 0 Å². The average Bonchev–Trinajstić information content (AvgIpc) is 2.98. The van der Waals surface area contributed by atoms with E-state index < -0.39 is 25.9 Å². The first-order chi connectivity index (χ1) is 14.1. The Morgan fingerprint density at radius 2 is 1.67 bits per heavy atom. The lowest BCUT2D eigenvalue weighted by Crippen LogP contribution is -2.59. The highest BCUT2D eigenvalue weighted by molar-refractivity contribution is 7.92. The Balaban J connectivity index is 1.32. The molecular weight excluding hydrogens is 424 g/mol. The number of sulfone groups is 1. The third-order valence-corrected chi connectivity index (χ3v) is 10.7. The van der Waals surface area contributed by atoms with E-state index >= 15 is 0 Å². The fourth-order valence-electron chi connectivity index (χ4n) is 6.56. The Hall–Kier alpha value is -1.45. The standard InChI is InChI=1S/C21H28N2O5S2/c24-20(22-21-10-14-6-15(11-21)8-16(7-14)12-21)17-2-1-3-19(9-17)30(27,28)23-18-4-5-29(25,26)13-18/h1-3,9,14-16,18,23H,4-8,10-13H2,(H,22,24)/t14?,15?,16?,18-,21?/m1/s1. The molecule has 164 valence electrons. The van der Waals surface area contributed by atoms with Crippen LogP contribution < -0.4 is 10.0 Å². The minimum atomic E-state index is -3.90.